The first kappa shape index (κ1) is 24.5. The Bertz CT molecular complexity index is 1530. The third-order valence-corrected chi connectivity index (χ3v) is 9.45. The number of para-hydroxylation sites is 1. The van der Waals surface area contributed by atoms with Gasteiger partial charge in [0.05, 0.1) is 9.92 Å². The minimum atomic E-state index is -4.04. The molecule has 1 aliphatic rings. The molecule has 1 aliphatic heterocycles. The summed E-state index contributed by atoms with van der Waals surface area (Å²) in [6, 6.07) is 17.4. The second-order valence-electron chi connectivity index (χ2n) is 8.58. The SMILES string of the molecule is O=C(O)Cn1c2c(c3ccccc31)C[C@H](N(Cc1ccc(F)cc1)S(=O)(=O)c1ccc(F)cc1)CS2. The Balaban J connectivity index is 1.57. The van der Waals surface area contributed by atoms with Crippen molar-refractivity contribution >= 4 is 38.7 Å². The van der Waals surface area contributed by atoms with Crippen molar-refractivity contribution in [2.75, 3.05) is 5.75 Å². The van der Waals surface area contributed by atoms with E-state index in [1.54, 1.807) is 16.7 Å². The Labute approximate surface area is 211 Å². The summed E-state index contributed by atoms with van der Waals surface area (Å²) >= 11 is 1.42. The van der Waals surface area contributed by atoms with E-state index in [-0.39, 0.29) is 18.0 Å². The second kappa shape index (κ2) is 9.68. The van der Waals surface area contributed by atoms with E-state index in [0.29, 0.717) is 17.7 Å². The number of benzene rings is 3. The van der Waals surface area contributed by atoms with Crippen LogP contribution in [-0.2, 0) is 34.3 Å². The Morgan fingerprint density at radius 1 is 1.00 bits per heavy atom. The number of nitrogens with zero attached hydrogens (tertiary/aromatic N) is 2. The number of carboxylic acids is 1. The van der Waals surface area contributed by atoms with Crippen LogP contribution in [0.15, 0.2) is 82.7 Å². The number of thioether (sulfide) groups is 1. The Morgan fingerprint density at radius 2 is 1.64 bits per heavy atom. The summed E-state index contributed by atoms with van der Waals surface area (Å²) in [6.45, 7) is -0.186. The van der Waals surface area contributed by atoms with Crippen LogP contribution in [0.3, 0.4) is 0 Å². The minimum absolute atomic E-state index is 0.00825. The molecule has 1 aromatic heterocycles. The van der Waals surface area contributed by atoms with Crippen molar-refractivity contribution in [1.82, 2.24) is 8.87 Å². The van der Waals surface area contributed by atoms with Gasteiger partial charge < -0.3 is 9.67 Å². The third kappa shape index (κ3) is 4.63. The number of aliphatic carboxylic acids is 1. The van der Waals surface area contributed by atoms with Crippen molar-refractivity contribution in [2.45, 2.75) is 35.5 Å². The number of halogens is 2. The Hall–Kier alpha value is -3.21. The molecule has 2 heterocycles. The molecule has 0 fully saturated rings. The summed E-state index contributed by atoms with van der Waals surface area (Å²) in [6.07, 6.45) is 0.372. The molecule has 1 N–H and O–H groups in total. The monoisotopic (exact) mass is 528 g/mol. The summed E-state index contributed by atoms with van der Waals surface area (Å²) < 4.78 is 57.7. The van der Waals surface area contributed by atoms with Crippen LogP contribution in [0.1, 0.15) is 11.1 Å². The Kier molecular flexibility index (Phi) is 6.59. The standard InChI is InChI=1S/C26H22F2N2O4S2/c27-18-7-5-17(6-8-18)14-30(36(33,34)21-11-9-19(28)10-12-21)20-13-23-22-3-1-2-4-24(22)29(15-25(31)32)26(23)35-16-20/h1-12,20H,13-16H2,(H,31,32)/t20-/m0/s1. The lowest BCUT2D eigenvalue weighted by Gasteiger charge is -2.33. The van der Waals surface area contributed by atoms with Crippen molar-refractivity contribution in [3.8, 4) is 0 Å². The van der Waals surface area contributed by atoms with Crippen LogP contribution in [0.25, 0.3) is 10.9 Å². The molecule has 0 saturated carbocycles. The number of carbonyl (C=O) groups is 1. The summed E-state index contributed by atoms with van der Waals surface area (Å²) in [7, 11) is -4.04. The van der Waals surface area contributed by atoms with E-state index in [4.69, 9.17) is 0 Å². The molecule has 186 valence electrons. The molecule has 0 bridgehead atoms. The van der Waals surface area contributed by atoms with Gasteiger partial charge in [0, 0.05) is 29.2 Å². The molecule has 4 aromatic rings. The topological polar surface area (TPSA) is 79.6 Å². The number of hydrogen-bond donors (Lipinski definition) is 1. The summed E-state index contributed by atoms with van der Waals surface area (Å²) in [5, 5.41) is 11.1. The molecule has 0 aliphatic carbocycles. The number of fused-ring (bicyclic) bond motifs is 3. The van der Waals surface area contributed by atoms with Crippen molar-refractivity contribution in [1.29, 1.82) is 0 Å². The van der Waals surface area contributed by atoms with Gasteiger partial charge in [0.15, 0.2) is 0 Å². The second-order valence-corrected chi connectivity index (χ2v) is 11.5. The first-order chi connectivity index (χ1) is 17.2. The van der Waals surface area contributed by atoms with Crippen LogP contribution < -0.4 is 0 Å². The van der Waals surface area contributed by atoms with Gasteiger partial charge in [-0.15, -0.1) is 11.8 Å². The van der Waals surface area contributed by atoms with Gasteiger partial charge in [-0.3, -0.25) is 4.79 Å². The van der Waals surface area contributed by atoms with Crippen molar-refractivity contribution < 1.29 is 27.1 Å². The van der Waals surface area contributed by atoms with E-state index in [9.17, 15) is 27.1 Å². The van der Waals surface area contributed by atoms with Gasteiger partial charge in [-0.05, 0) is 60.0 Å². The Morgan fingerprint density at radius 3 is 2.31 bits per heavy atom. The van der Waals surface area contributed by atoms with Gasteiger partial charge >= 0.3 is 5.97 Å². The lowest BCUT2D eigenvalue weighted by molar-refractivity contribution is -0.137. The van der Waals surface area contributed by atoms with E-state index in [1.807, 2.05) is 24.3 Å². The van der Waals surface area contributed by atoms with Gasteiger partial charge in [0.2, 0.25) is 10.0 Å². The lowest BCUT2D eigenvalue weighted by atomic mass is 10.1. The molecule has 0 saturated heterocycles. The fourth-order valence-corrected chi connectivity index (χ4v) is 7.62. The fourth-order valence-electron chi connectivity index (χ4n) is 4.58. The van der Waals surface area contributed by atoms with E-state index >= 15 is 0 Å². The zero-order valence-corrected chi connectivity index (χ0v) is 20.6. The quantitative estimate of drug-likeness (QED) is 0.369. The van der Waals surface area contributed by atoms with Crippen LogP contribution in [-0.4, -0.2) is 40.2 Å². The van der Waals surface area contributed by atoms with Crippen LogP contribution in [0, 0.1) is 11.6 Å². The molecule has 0 radical (unpaired) electrons. The number of carboxylic acid groups (broad SMARTS) is 1. The molecule has 36 heavy (non-hydrogen) atoms. The maximum atomic E-state index is 13.8. The maximum Gasteiger partial charge on any atom is 0.323 e. The van der Waals surface area contributed by atoms with Crippen LogP contribution in [0.5, 0.6) is 0 Å². The highest BCUT2D eigenvalue weighted by Gasteiger charge is 2.36. The number of aromatic nitrogens is 1. The largest absolute Gasteiger partial charge is 0.480 e. The van der Waals surface area contributed by atoms with Crippen LogP contribution >= 0.6 is 11.8 Å². The van der Waals surface area contributed by atoms with Crippen molar-refractivity contribution in [3.05, 3.63) is 95.6 Å². The minimum Gasteiger partial charge on any atom is -0.480 e. The molecule has 0 amide bonds. The molecule has 6 nitrogen and oxygen atoms in total. The molecule has 0 unspecified atom stereocenters. The first-order valence-corrected chi connectivity index (χ1v) is 13.6. The predicted molar refractivity (Wildman–Crippen MR) is 133 cm³/mol. The first-order valence-electron chi connectivity index (χ1n) is 11.2. The smallest absolute Gasteiger partial charge is 0.323 e. The van der Waals surface area contributed by atoms with Gasteiger partial charge in [-0.1, -0.05) is 30.3 Å². The normalized spacial score (nSPS) is 15.8. The summed E-state index contributed by atoms with van der Waals surface area (Å²) in [4.78, 5) is 11.5. The van der Waals surface area contributed by atoms with Gasteiger partial charge in [0.25, 0.3) is 0 Å². The average Bonchev–Trinajstić information content (AvgIpc) is 3.16. The lowest BCUT2D eigenvalue weighted by Crippen LogP contribution is -2.43. The van der Waals surface area contributed by atoms with Gasteiger partial charge in [-0.25, -0.2) is 17.2 Å². The molecule has 0 spiro atoms. The highest BCUT2D eigenvalue weighted by atomic mass is 32.2. The summed E-state index contributed by atoms with van der Waals surface area (Å²) in [5.41, 5.74) is 2.29. The van der Waals surface area contributed by atoms with Crippen LogP contribution in [0.4, 0.5) is 8.78 Å². The molecule has 5 rings (SSSR count). The maximum absolute atomic E-state index is 13.8. The molecule has 3 aromatic carbocycles. The number of sulfonamides is 1. The predicted octanol–water partition coefficient (Wildman–Crippen LogP) is 4.91. The molecular formula is C26H22F2N2O4S2. The molecular weight excluding hydrogens is 506 g/mol. The summed E-state index contributed by atoms with van der Waals surface area (Å²) in [5.74, 6) is -1.53. The molecule has 1 atom stereocenters. The van der Waals surface area contributed by atoms with Crippen molar-refractivity contribution in [3.63, 3.8) is 0 Å². The highest BCUT2D eigenvalue weighted by Crippen LogP contribution is 2.40. The zero-order chi connectivity index (χ0) is 25.4. The highest BCUT2D eigenvalue weighted by molar-refractivity contribution is 7.99. The molecule has 10 heteroatoms. The van der Waals surface area contributed by atoms with E-state index in [0.717, 1.165) is 33.6 Å². The average molecular weight is 529 g/mol. The van der Waals surface area contributed by atoms with Gasteiger partial charge in [0.1, 0.15) is 18.2 Å². The fraction of sp³-hybridized carbons (Fsp3) is 0.192. The van der Waals surface area contributed by atoms with Gasteiger partial charge in [-0.2, -0.15) is 4.31 Å². The zero-order valence-electron chi connectivity index (χ0n) is 19.0. The van der Waals surface area contributed by atoms with E-state index < -0.39 is 33.7 Å². The van der Waals surface area contributed by atoms with Crippen LogP contribution in [0.2, 0.25) is 0 Å². The third-order valence-electron chi connectivity index (χ3n) is 6.25. The number of rotatable bonds is 7. The number of hydrogen-bond acceptors (Lipinski definition) is 4. The van der Waals surface area contributed by atoms with E-state index in [1.165, 1.54) is 40.3 Å². The van der Waals surface area contributed by atoms with Crippen molar-refractivity contribution in [2.24, 2.45) is 0 Å². The van der Waals surface area contributed by atoms with E-state index in [2.05, 4.69) is 0 Å².